The first-order chi connectivity index (χ1) is 10.5. The van der Waals surface area contributed by atoms with Crippen LogP contribution in [0.5, 0.6) is 5.75 Å². The van der Waals surface area contributed by atoms with E-state index in [0.29, 0.717) is 26.8 Å². The molecule has 0 aliphatic carbocycles. The molecule has 0 fully saturated rings. The number of aromatic nitrogens is 1. The molecule has 112 valence electrons. The number of rotatable bonds is 3. The van der Waals surface area contributed by atoms with Crippen LogP contribution in [0.2, 0.25) is 5.02 Å². The van der Waals surface area contributed by atoms with E-state index < -0.39 is 0 Å². The minimum absolute atomic E-state index is 0.0969. The average Bonchev–Trinajstić information content (AvgIpc) is 2.51. The number of anilines is 1. The molecule has 0 radical (unpaired) electrons. The highest BCUT2D eigenvalue weighted by Crippen LogP contribution is 2.31. The van der Waals surface area contributed by atoms with Crippen molar-refractivity contribution in [3.05, 3.63) is 51.6 Å². The van der Waals surface area contributed by atoms with Gasteiger partial charge in [-0.25, -0.2) is 4.98 Å². The second-order valence-corrected chi connectivity index (χ2v) is 5.90. The summed E-state index contributed by atoms with van der Waals surface area (Å²) in [7, 11) is 0. The molecule has 1 aliphatic rings. The normalized spacial score (nSPS) is 13.5. The fourth-order valence-electron chi connectivity index (χ4n) is 2.09. The summed E-state index contributed by atoms with van der Waals surface area (Å²) in [6, 6.07) is 9.96. The number of carbonyl (C=O) groups excluding carboxylic acids is 2. The van der Waals surface area contributed by atoms with Crippen molar-refractivity contribution in [3.8, 4) is 5.75 Å². The average molecular weight is 382 g/mol. The number of pyridine rings is 1. The third-order valence-electron chi connectivity index (χ3n) is 3.18. The number of benzene rings is 1. The molecule has 0 bridgehead atoms. The van der Waals surface area contributed by atoms with Crippen LogP contribution in [0.3, 0.4) is 0 Å². The van der Waals surface area contributed by atoms with Crippen molar-refractivity contribution in [2.75, 3.05) is 18.1 Å². The molecule has 1 amide bonds. The Morgan fingerprint density at radius 1 is 1.27 bits per heavy atom. The van der Waals surface area contributed by atoms with E-state index in [9.17, 15) is 9.59 Å². The number of hydrogen-bond acceptors (Lipinski definition) is 4. The first-order valence-corrected chi connectivity index (χ1v) is 7.60. The largest absolute Gasteiger partial charge is 0.480 e. The summed E-state index contributed by atoms with van der Waals surface area (Å²) in [6.07, 6.45) is 0. The van der Waals surface area contributed by atoms with E-state index in [1.165, 1.54) is 4.90 Å². The fraction of sp³-hybridized carbons (Fsp3) is 0.133. The van der Waals surface area contributed by atoms with Crippen LogP contribution in [-0.4, -0.2) is 29.8 Å². The maximum absolute atomic E-state index is 12.3. The van der Waals surface area contributed by atoms with E-state index in [1.54, 1.807) is 36.4 Å². The Kier molecular flexibility index (Phi) is 4.13. The molecule has 1 aromatic heterocycles. The molecular weight excluding hydrogens is 372 g/mol. The van der Waals surface area contributed by atoms with Gasteiger partial charge in [0, 0.05) is 10.6 Å². The van der Waals surface area contributed by atoms with Crippen molar-refractivity contribution >= 4 is 45.0 Å². The predicted molar refractivity (Wildman–Crippen MR) is 85.6 cm³/mol. The summed E-state index contributed by atoms with van der Waals surface area (Å²) < 4.78 is 5.88. The third kappa shape index (κ3) is 2.98. The lowest BCUT2D eigenvalue weighted by atomic mass is 10.1. The van der Waals surface area contributed by atoms with Gasteiger partial charge in [0.15, 0.2) is 24.0 Å². The standard InChI is InChI=1S/C15H10BrClN2O3/c16-13-6-5-12-15(18-13)19(14(21)8-22-12)7-11(20)9-1-3-10(17)4-2-9/h1-6H,7-8H2. The van der Waals surface area contributed by atoms with Crippen molar-refractivity contribution in [3.63, 3.8) is 0 Å². The Bertz CT molecular complexity index is 749. The smallest absolute Gasteiger partial charge is 0.266 e. The zero-order valence-corrected chi connectivity index (χ0v) is 13.6. The van der Waals surface area contributed by atoms with E-state index in [2.05, 4.69) is 20.9 Å². The van der Waals surface area contributed by atoms with Crippen LogP contribution < -0.4 is 9.64 Å². The Morgan fingerprint density at radius 3 is 2.73 bits per heavy atom. The monoisotopic (exact) mass is 380 g/mol. The molecule has 2 heterocycles. The van der Waals surface area contributed by atoms with Crippen molar-refractivity contribution in [1.82, 2.24) is 4.98 Å². The number of amides is 1. The number of halogens is 2. The van der Waals surface area contributed by atoms with Crippen LogP contribution in [0.25, 0.3) is 0 Å². The van der Waals surface area contributed by atoms with Gasteiger partial charge in [0.25, 0.3) is 5.91 Å². The number of fused-ring (bicyclic) bond motifs is 1. The van der Waals surface area contributed by atoms with Crippen molar-refractivity contribution in [1.29, 1.82) is 0 Å². The highest BCUT2D eigenvalue weighted by molar-refractivity contribution is 9.10. The molecule has 0 saturated heterocycles. The molecule has 22 heavy (non-hydrogen) atoms. The highest BCUT2D eigenvalue weighted by Gasteiger charge is 2.29. The van der Waals surface area contributed by atoms with Crippen LogP contribution in [-0.2, 0) is 4.79 Å². The number of Topliss-reactive ketones (excluding diaryl/α,β-unsaturated/α-hetero) is 1. The van der Waals surface area contributed by atoms with Gasteiger partial charge in [-0.15, -0.1) is 0 Å². The third-order valence-corrected chi connectivity index (χ3v) is 3.87. The van der Waals surface area contributed by atoms with Gasteiger partial charge < -0.3 is 4.74 Å². The summed E-state index contributed by atoms with van der Waals surface area (Å²) in [4.78, 5) is 30.0. The zero-order valence-electron chi connectivity index (χ0n) is 11.3. The highest BCUT2D eigenvalue weighted by atomic mass is 79.9. The van der Waals surface area contributed by atoms with E-state index in [4.69, 9.17) is 16.3 Å². The summed E-state index contributed by atoms with van der Waals surface area (Å²) in [6.45, 7) is -0.204. The number of ether oxygens (including phenoxy) is 1. The van der Waals surface area contributed by atoms with Crippen LogP contribution in [0.15, 0.2) is 41.0 Å². The van der Waals surface area contributed by atoms with E-state index in [0.717, 1.165) is 0 Å². The van der Waals surface area contributed by atoms with Crippen LogP contribution in [0.4, 0.5) is 5.82 Å². The Morgan fingerprint density at radius 2 is 2.00 bits per heavy atom. The maximum atomic E-state index is 12.3. The lowest BCUT2D eigenvalue weighted by Crippen LogP contribution is -2.42. The molecule has 1 aliphatic heterocycles. The molecule has 2 aromatic rings. The lowest BCUT2D eigenvalue weighted by Gasteiger charge is -2.27. The van der Waals surface area contributed by atoms with Gasteiger partial charge in [0.2, 0.25) is 0 Å². The second-order valence-electron chi connectivity index (χ2n) is 4.65. The molecular formula is C15H10BrClN2O3. The summed E-state index contributed by atoms with van der Waals surface area (Å²) in [5.41, 5.74) is 0.486. The van der Waals surface area contributed by atoms with E-state index in [1.807, 2.05) is 0 Å². The van der Waals surface area contributed by atoms with Gasteiger partial charge in [-0.3, -0.25) is 14.5 Å². The van der Waals surface area contributed by atoms with Crippen molar-refractivity contribution < 1.29 is 14.3 Å². The molecule has 7 heteroatoms. The topological polar surface area (TPSA) is 59.5 Å². The predicted octanol–water partition coefficient (Wildman–Crippen LogP) is 3.11. The molecule has 5 nitrogen and oxygen atoms in total. The SMILES string of the molecule is O=C(CN1C(=O)COc2ccc(Br)nc21)c1ccc(Cl)cc1. The van der Waals surface area contributed by atoms with Gasteiger partial charge in [-0.2, -0.15) is 0 Å². The fourth-order valence-corrected chi connectivity index (χ4v) is 2.51. The van der Waals surface area contributed by atoms with Gasteiger partial charge in [-0.05, 0) is 52.3 Å². The van der Waals surface area contributed by atoms with Crippen LogP contribution in [0, 0.1) is 0 Å². The van der Waals surface area contributed by atoms with Crippen molar-refractivity contribution in [2.45, 2.75) is 0 Å². The Labute approximate surface area is 140 Å². The first-order valence-electron chi connectivity index (χ1n) is 6.43. The van der Waals surface area contributed by atoms with E-state index in [-0.39, 0.29) is 24.8 Å². The van der Waals surface area contributed by atoms with E-state index >= 15 is 0 Å². The second kappa shape index (κ2) is 6.06. The Balaban J connectivity index is 1.88. The minimum Gasteiger partial charge on any atom is -0.480 e. The number of ketones is 1. The van der Waals surface area contributed by atoms with Gasteiger partial charge >= 0.3 is 0 Å². The molecule has 0 saturated carbocycles. The molecule has 0 atom stereocenters. The summed E-state index contributed by atoms with van der Waals surface area (Å²) >= 11 is 9.06. The van der Waals surface area contributed by atoms with Gasteiger partial charge in [0.05, 0.1) is 6.54 Å². The number of hydrogen-bond donors (Lipinski definition) is 0. The molecule has 1 aromatic carbocycles. The number of carbonyl (C=O) groups is 2. The lowest BCUT2D eigenvalue weighted by molar-refractivity contribution is -0.121. The van der Waals surface area contributed by atoms with Crippen molar-refractivity contribution in [2.24, 2.45) is 0 Å². The quantitative estimate of drug-likeness (QED) is 0.605. The molecule has 0 spiro atoms. The van der Waals surface area contributed by atoms with Gasteiger partial charge in [0.1, 0.15) is 4.60 Å². The molecule has 0 N–H and O–H groups in total. The minimum atomic E-state index is -0.305. The summed E-state index contributed by atoms with van der Waals surface area (Å²) in [5, 5.41) is 0.551. The van der Waals surface area contributed by atoms with Crippen LogP contribution >= 0.6 is 27.5 Å². The van der Waals surface area contributed by atoms with Crippen LogP contribution in [0.1, 0.15) is 10.4 Å². The molecule has 3 rings (SSSR count). The first kappa shape index (κ1) is 15.0. The Hall–Kier alpha value is -1.92. The zero-order chi connectivity index (χ0) is 15.7. The number of nitrogens with zero attached hydrogens (tertiary/aromatic N) is 2. The molecule has 0 unspecified atom stereocenters. The van der Waals surface area contributed by atoms with Gasteiger partial charge in [-0.1, -0.05) is 11.6 Å². The maximum Gasteiger partial charge on any atom is 0.266 e. The summed E-state index contributed by atoms with van der Waals surface area (Å²) in [5.74, 6) is 0.319.